The number of hydrogen-bond donors (Lipinski definition) is 2. The summed E-state index contributed by atoms with van der Waals surface area (Å²) in [5.74, 6) is 1.31. The summed E-state index contributed by atoms with van der Waals surface area (Å²) in [6.07, 6.45) is 9.05. The quantitative estimate of drug-likeness (QED) is 0.804. The SMILES string of the molecule is CC(CC(=O)N1CCN(C(=O)NC2CCCCC2)CC1)C1CCCNC1. The predicted octanol–water partition coefficient (Wildman–Crippen LogP) is 2.20. The highest BCUT2D eigenvalue weighted by atomic mass is 16.2. The average molecular weight is 365 g/mol. The van der Waals surface area contributed by atoms with Crippen molar-refractivity contribution in [1.82, 2.24) is 20.4 Å². The van der Waals surface area contributed by atoms with E-state index >= 15 is 0 Å². The average Bonchev–Trinajstić information content (AvgIpc) is 2.69. The van der Waals surface area contributed by atoms with Crippen LogP contribution in [0.3, 0.4) is 0 Å². The minimum Gasteiger partial charge on any atom is -0.339 e. The molecule has 3 aliphatic rings. The number of nitrogens with one attached hydrogen (secondary N) is 2. The van der Waals surface area contributed by atoms with Crippen LogP contribution in [0.15, 0.2) is 0 Å². The molecule has 0 radical (unpaired) electrons. The van der Waals surface area contributed by atoms with Gasteiger partial charge in [-0.25, -0.2) is 4.79 Å². The van der Waals surface area contributed by atoms with Crippen molar-refractivity contribution in [1.29, 1.82) is 0 Å². The van der Waals surface area contributed by atoms with Gasteiger partial charge in [0.1, 0.15) is 0 Å². The molecular formula is C20H36N4O2. The van der Waals surface area contributed by atoms with E-state index in [1.165, 1.54) is 32.1 Å². The fourth-order valence-corrected chi connectivity index (χ4v) is 4.61. The van der Waals surface area contributed by atoms with Gasteiger partial charge in [0.25, 0.3) is 0 Å². The number of piperidine rings is 1. The molecule has 0 aromatic rings. The normalized spacial score (nSPS) is 26.4. The van der Waals surface area contributed by atoms with Gasteiger partial charge in [0.15, 0.2) is 0 Å². The third-order valence-electron chi connectivity index (χ3n) is 6.49. The molecule has 2 atom stereocenters. The highest BCUT2D eigenvalue weighted by Crippen LogP contribution is 2.23. The summed E-state index contributed by atoms with van der Waals surface area (Å²) >= 11 is 0. The zero-order chi connectivity index (χ0) is 18.4. The molecule has 2 aliphatic heterocycles. The Morgan fingerprint density at radius 3 is 2.35 bits per heavy atom. The Balaban J connectivity index is 1.38. The maximum atomic E-state index is 12.6. The molecule has 2 heterocycles. The summed E-state index contributed by atoms with van der Waals surface area (Å²) < 4.78 is 0. The topological polar surface area (TPSA) is 64.7 Å². The molecule has 3 rings (SSSR count). The summed E-state index contributed by atoms with van der Waals surface area (Å²) in [5, 5.41) is 6.63. The van der Waals surface area contributed by atoms with E-state index in [-0.39, 0.29) is 11.9 Å². The number of carbonyl (C=O) groups excluding carboxylic acids is 2. The third-order valence-corrected chi connectivity index (χ3v) is 6.49. The molecule has 0 aromatic carbocycles. The second-order valence-corrected chi connectivity index (χ2v) is 8.44. The summed E-state index contributed by atoms with van der Waals surface area (Å²) in [6.45, 7) is 7.03. The molecule has 0 bridgehead atoms. The van der Waals surface area contributed by atoms with Crippen molar-refractivity contribution >= 4 is 11.9 Å². The van der Waals surface area contributed by atoms with Crippen LogP contribution in [0.1, 0.15) is 58.3 Å². The summed E-state index contributed by atoms with van der Waals surface area (Å²) in [5.41, 5.74) is 0. The van der Waals surface area contributed by atoms with Crippen LogP contribution in [-0.4, -0.2) is 67.0 Å². The number of carbonyl (C=O) groups is 2. The van der Waals surface area contributed by atoms with Crippen LogP contribution in [0.4, 0.5) is 4.79 Å². The molecule has 6 nitrogen and oxygen atoms in total. The molecule has 2 saturated heterocycles. The maximum Gasteiger partial charge on any atom is 0.317 e. The zero-order valence-electron chi connectivity index (χ0n) is 16.3. The number of hydrogen-bond acceptors (Lipinski definition) is 3. The standard InChI is InChI=1S/C20H36N4O2/c1-16(17-6-5-9-21-15-17)14-19(25)23-10-12-24(13-11-23)20(26)22-18-7-3-2-4-8-18/h16-18,21H,2-15H2,1H3,(H,22,26). The van der Waals surface area contributed by atoms with E-state index in [1.807, 2.05) is 9.80 Å². The number of rotatable bonds is 4. The lowest BCUT2D eigenvalue weighted by Gasteiger charge is -2.37. The molecule has 0 aromatic heterocycles. The first kappa shape index (κ1) is 19.5. The first-order valence-corrected chi connectivity index (χ1v) is 10.7. The van der Waals surface area contributed by atoms with Gasteiger partial charge < -0.3 is 20.4 Å². The minimum atomic E-state index is 0.0608. The Labute approximate surface area is 158 Å². The molecule has 2 unspecified atom stereocenters. The number of amides is 3. The first-order chi connectivity index (χ1) is 12.6. The minimum absolute atomic E-state index is 0.0608. The van der Waals surface area contributed by atoms with Crippen LogP contribution >= 0.6 is 0 Å². The second-order valence-electron chi connectivity index (χ2n) is 8.44. The van der Waals surface area contributed by atoms with Crippen LogP contribution in [0.2, 0.25) is 0 Å². The van der Waals surface area contributed by atoms with E-state index in [1.54, 1.807) is 0 Å². The van der Waals surface area contributed by atoms with Crippen molar-refractivity contribution in [3.05, 3.63) is 0 Å². The largest absolute Gasteiger partial charge is 0.339 e. The highest BCUT2D eigenvalue weighted by molar-refractivity contribution is 5.78. The fourth-order valence-electron chi connectivity index (χ4n) is 4.61. The molecule has 6 heteroatoms. The predicted molar refractivity (Wildman–Crippen MR) is 103 cm³/mol. The molecule has 0 spiro atoms. The van der Waals surface area contributed by atoms with Crippen molar-refractivity contribution < 1.29 is 9.59 Å². The number of urea groups is 1. The van der Waals surface area contributed by atoms with Gasteiger partial charge in [-0.3, -0.25) is 4.79 Å². The van der Waals surface area contributed by atoms with E-state index < -0.39 is 0 Å². The van der Waals surface area contributed by atoms with Gasteiger partial charge in [0.05, 0.1) is 0 Å². The number of nitrogens with zero attached hydrogens (tertiary/aromatic N) is 2. The second kappa shape index (κ2) is 9.58. The smallest absolute Gasteiger partial charge is 0.317 e. The Hall–Kier alpha value is -1.30. The van der Waals surface area contributed by atoms with Crippen LogP contribution < -0.4 is 10.6 Å². The fraction of sp³-hybridized carbons (Fsp3) is 0.900. The Kier molecular flexibility index (Phi) is 7.17. The maximum absolute atomic E-state index is 12.6. The van der Waals surface area contributed by atoms with Gasteiger partial charge in [-0.15, -0.1) is 0 Å². The Morgan fingerprint density at radius 1 is 1.00 bits per heavy atom. The van der Waals surface area contributed by atoms with Crippen molar-refractivity contribution in [2.45, 2.75) is 64.3 Å². The van der Waals surface area contributed by atoms with Crippen LogP contribution in [-0.2, 0) is 4.79 Å². The molecule has 2 N–H and O–H groups in total. The van der Waals surface area contributed by atoms with Gasteiger partial charge in [-0.2, -0.15) is 0 Å². The third kappa shape index (κ3) is 5.35. The van der Waals surface area contributed by atoms with E-state index in [9.17, 15) is 9.59 Å². The summed E-state index contributed by atoms with van der Waals surface area (Å²) in [6, 6.07) is 0.409. The lowest BCUT2D eigenvalue weighted by atomic mass is 9.85. The van der Waals surface area contributed by atoms with Gasteiger partial charge in [-0.05, 0) is 50.6 Å². The first-order valence-electron chi connectivity index (χ1n) is 10.7. The van der Waals surface area contributed by atoms with Crippen LogP contribution in [0, 0.1) is 11.8 Å². The van der Waals surface area contributed by atoms with Crippen molar-refractivity contribution in [3.63, 3.8) is 0 Å². The number of piperazine rings is 1. The lowest BCUT2D eigenvalue weighted by Crippen LogP contribution is -2.55. The van der Waals surface area contributed by atoms with E-state index in [4.69, 9.17) is 0 Å². The Morgan fingerprint density at radius 2 is 1.69 bits per heavy atom. The molecule has 26 heavy (non-hydrogen) atoms. The zero-order valence-corrected chi connectivity index (χ0v) is 16.3. The summed E-state index contributed by atoms with van der Waals surface area (Å²) in [4.78, 5) is 28.9. The van der Waals surface area contributed by atoms with Crippen molar-refractivity contribution in [2.75, 3.05) is 39.3 Å². The van der Waals surface area contributed by atoms with Gasteiger partial charge >= 0.3 is 6.03 Å². The van der Waals surface area contributed by atoms with E-state index in [0.29, 0.717) is 50.5 Å². The Bertz CT molecular complexity index is 464. The monoisotopic (exact) mass is 364 g/mol. The van der Waals surface area contributed by atoms with Crippen LogP contribution in [0.5, 0.6) is 0 Å². The van der Waals surface area contributed by atoms with Gasteiger partial charge in [0, 0.05) is 38.6 Å². The molecule has 3 amide bonds. The molecular weight excluding hydrogens is 328 g/mol. The lowest BCUT2D eigenvalue weighted by molar-refractivity contribution is -0.134. The van der Waals surface area contributed by atoms with E-state index in [2.05, 4.69) is 17.6 Å². The van der Waals surface area contributed by atoms with Gasteiger partial charge in [0.2, 0.25) is 5.91 Å². The van der Waals surface area contributed by atoms with Crippen molar-refractivity contribution in [2.24, 2.45) is 11.8 Å². The van der Waals surface area contributed by atoms with Gasteiger partial charge in [-0.1, -0.05) is 26.2 Å². The molecule has 148 valence electrons. The van der Waals surface area contributed by atoms with Crippen LogP contribution in [0.25, 0.3) is 0 Å². The molecule has 1 aliphatic carbocycles. The molecule has 1 saturated carbocycles. The molecule has 3 fully saturated rings. The van der Waals surface area contributed by atoms with Crippen molar-refractivity contribution in [3.8, 4) is 0 Å². The summed E-state index contributed by atoms with van der Waals surface area (Å²) in [7, 11) is 0. The van der Waals surface area contributed by atoms with E-state index in [0.717, 1.165) is 25.9 Å². The highest BCUT2D eigenvalue weighted by Gasteiger charge is 2.28.